The number of amides is 1. The Kier molecular flexibility index (Phi) is 5.12. The Morgan fingerprint density at radius 1 is 1.44 bits per heavy atom. The van der Waals surface area contributed by atoms with Crippen LogP contribution in [0.2, 0.25) is 0 Å². The molecule has 0 bridgehead atoms. The smallest absolute Gasteiger partial charge is 0.240 e. The number of hydrogen-bond acceptors (Lipinski definition) is 4. The molecule has 1 heterocycles. The molecular formula is C11H22N2O4S. The molecule has 1 atom stereocenters. The van der Waals surface area contributed by atoms with Gasteiger partial charge in [0.05, 0.1) is 6.26 Å². The Morgan fingerprint density at radius 3 is 2.39 bits per heavy atom. The van der Waals surface area contributed by atoms with E-state index in [-0.39, 0.29) is 24.3 Å². The lowest BCUT2D eigenvalue weighted by atomic mass is 9.97. The molecule has 18 heavy (non-hydrogen) atoms. The molecule has 7 heteroatoms. The Balaban J connectivity index is 2.62. The summed E-state index contributed by atoms with van der Waals surface area (Å²) in [5, 5.41) is 8.91. The molecule has 0 aromatic carbocycles. The fraction of sp³-hybridized carbons (Fsp3) is 0.909. The van der Waals surface area contributed by atoms with Crippen molar-refractivity contribution < 1.29 is 18.3 Å². The molecule has 1 aliphatic heterocycles. The summed E-state index contributed by atoms with van der Waals surface area (Å²) in [7, 11) is -3.40. The van der Waals surface area contributed by atoms with E-state index in [9.17, 15) is 13.2 Å². The molecule has 1 aliphatic rings. The maximum Gasteiger partial charge on any atom is 0.240 e. The predicted molar refractivity (Wildman–Crippen MR) is 68.4 cm³/mol. The molecule has 0 spiro atoms. The number of carbonyl (C=O) groups is 1. The maximum absolute atomic E-state index is 12.1. The molecule has 0 aromatic heterocycles. The highest BCUT2D eigenvalue weighted by Gasteiger charge is 2.35. The van der Waals surface area contributed by atoms with Crippen molar-refractivity contribution in [1.29, 1.82) is 0 Å². The number of aliphatic hydroxyl groups excluding tert-OH is 1. The van der Waals surface area contributed by atoms with Gasteiger partial charge in [-0.2, -0.15) is 0 Å². The van der Waals surface area contributed by atoms with E-state index >= 15 is 0 Å². The van der Waals surface area contributed by atoms with Crippen LogP contribution in [0.4, 0.5) is 0 Å². The topological polar surface area (TPSA) is 86.7 Å². The molecule has 1 saturated heterocycles. The Labute approximate surface area is 108 Å². The molecule has 0 radical (unpaired) electrons. The minimum atomic E-state index is -3.40. The molecular weight excluding hydrogens is 256 g/mol. The first kappa shape index (κ1) is 15.4. The minimum absolute atomic E-state index is 0.0676. The summed E-state index contributed by atoms with van der Waals surface area (Å²) in [6, 6.07) is -0.695. The van der Waals surface area contributed by atoms with Gasteiger partial charge >= 0.3 is 0 Å². The van der Waals surface area contributed by atoms with E-state index in [1.807, 2.05) is 13.8 Å². The van der Waals surface area contributed by atoms with Crippen LogP contribution in [0, 0.1) is 11.8 Å². The summed E-state index contributed by atoms with van der Waals surface area (Å²) in [5.41, 5.74) is 0. The third-order valence-corrected chi connectivity index (χ3v) is 3.60. The van der Waals surface area contributed by atoms with E-state index < -0.39 is 16.1 Å². The van der Waals surface area contributed by atoms with E-state index in [0.29, 0.717) is 19.5 Å². The van der Waals surface area contributed by atoms with Crippen LogP contribution in [0.15, 0.2) is 0 Å². The second-order valence-electron chi connectivity index (χ2n) is 5.36. The van der Waals surface area contributed by atoms with Crippen molar-refractivity contribution in [3.05, 3.63) is 0 Å². The molecule has 0 saturated carbocycles. The number of carbonyl (C=O) groups excluding carboxylic acids is 1. The zero-order valence-electron chi connectivity index (χ0n) is 11.1. The van der Waals surface area contributed by atoms with Crippen molar-refractivity contribution in [2.45, 2.75) is 26.3 Å². The first-order valence-electron chi connectivity index (χ1n) is 6.10. The van der Waals surface area contributed by atoms with Gasteiger partial charge in [-0.05, 0) is 12.3 Å². The van der Waals surface area contributed by atoms with Gasteiger partial charge in [-0.15, -0.1) is 0 Å². The van der Waals surface area contributed by atoms with Gasteiger partial charge in [-0.25, -0.2) is 13.1 Å². The second-order valence-corrected chi connectivity index (χ2v) is 7.14. The number of nitrogens with zero attached hydrogens (tertiary/aromatic N) is 1. The van der Waals surface area contributed by atoms with Crippen molar-refractivity contribution in [3.8, 4) is 0 Å². The monoisotopic (exact) mass is 278 g/mol. The Morgan fingerprint density at radius 2 is 2.00 bits per heavy atom. The summed E-state index contributed by atoms with van der Waals surface area (Å²) >= 11 is 0. The lowest BCUT2D eigenvalue weighted by Crippen LogP contribution is -2.57. The van der Waals surface area contributed by atoms with Crippen LogP contribution in [0.3, 0.4) is 0 Å². The number of sulfonamides is 1. The van der Waals surface area contributed by atoms with E-state index in [2.05, 4.69) is 4.72 Å². The average Bonchev–Trinajstić information content (AvgIpc) is 2.11. The van der Waals surface area contributed by atoms with Crippen LogP contribution >= 0.6 is 0 Å². The molecule has 0 aliphatic carbocycles. The van der Waals surface area contributed by atoms with Gasteiger partial charge in [-0.3, -0.25) is 4.79 Å². The van der Waals surface area contributed by atoms with Crippen molar-refractivity contribution in [2.24, 2.45) is 11.8 Å². The summed E-state index contributed by atoms with van der Waals surface area (Å²) in [4.78, 5) is 13.7. The molecule has 6 nitrogen and oxygen atoms in total. The highest BCUT2D eigenvalue weighted by molar-refractivity contribution is 7.88. The average molecular weight is 278 g/mol. The third kappa shape index (κ3) is 4.55. The fourth-order valence-corrected chi connectivity index (χ4v) is 2.73. The highest BCUT2D eigenvalue weighted by atomic mass is 32.2. The summed E-state index contributed by atoms with van der Waals surface area (Å²) in [6.07, 6.45) is 1.53. The normalized spacial score (nSPS) is 18.8. The van der Waals surface area contributed by atoms with E-state index in [0.717, 1.165) is 6.26 Å². The largest absolute Gasteiger partial charge is 0.396 e. The lowest BCUT2D eigenvalue weighted by Gasteiger charge is -2.40. The van der Waals surface area contributed by atoms with Crippen LogP contribution in [0.25, 0.3) is 0 Å². The van der Waals surface area contributed by atoms with Crippen molar-refractivity contribution in [1.82, 2.24) is 9.62 Å². The summed E-state index contributed by atoms with van der Waals surface area (Å²) in [6.45, 7) is 4.97. The number of likely N-dealkylation sites (tertiary alicyclic amines) is 1. The number of hydrogen-bond donors (Lipinski definition) is 2. The molecule has 1 amide bonds. The Hall–Kier alpha value is -0.660. The number of rotatable bonds is 6. The maximum atomic E-state index is 12.1. The fourth-order valence-electron chi connectivity index (χ4n) is 2.01. The van der Waals surface area contributed by atoms with Gasteiger partial charge in [0.2, 0.25) is 15.9 Å². The van der Waals surface area contributed by atoms with Gasteiger partial charge in [0.15, 0.2) is 0 Å². The van der Waals surface area contributed by atoms with Crippen LogP contribution in [-0.2, 0) is 14.8 Å². The van der Waals surface area contributed by atoms with Crippen LogP contribution in [0.5, 0.6) is 0 Å². The van der Waals surface area contributed by atoms with E-state index in [4.69, 9.17) is 5.11 Å². The van der Waals surface area contributed by atoms with Crippen molar-refractivity contribution in [2.75, 3.05) is 26.0 Å². The summed E-state index contributed by atoms with van der Waals surface area (Å²) in [5.74, 6) is 0.161. The third-order valence-electron chi connectivity index (χ3n) is 2.89. The molecule has 0 aromatic rings. The molecule has 1 fully saturated rings. The van der Waals surface area contributed by atoms with Crippen LogP contribution in [0.1, 0.15) is 20.3 Å². The Bertz CT molecular complexity index is 388. The van der Waals surface area contributed by atoms with Gasteiger partial charge in [-0.1, -0.05) is 13.8 Å². The molecule has 106 valence electrons. The van der Waals surface area contributed by atoms with Crippen molar-refractivity contribution >= 4 is 15.9 Å². The van der Waals surface area contributed by atoms with Gasteiger partial charge in [0.25, 0.3) is 0 Å². The molecule has 1 unspecified atom stereocenters. The van der Waals surface area contributed by atoms with Crippen LogP contribution in [-0.4, -0.2) is 56.3 Å². The molecule has 1 rings (SSSR count). The van der Waals surface area contributed by atoms with Gasteiger partial charge in [0, 0.05) is 25.6 Å². The van der Waals surface area contributed by atoms with Crippen LogP contribution < -0.4 is 4.72 Å². The number of aliphatic hydroxyl groups is 1. The molecule has 2 N–H and O–H groups in total. The standard InChI is InChI=1S/C11H22N2O4S/c1-8(2)4-10(12-18(3,16)17)11(15)13-5-9(6-13)7-14/h8-10,12,14H,4-7H2,1-3H3. The first-order valence-corrected chi connectivity index (χ1v) is 7.99. The first-order chi connectivity index (χ1) is 8.23. The second kappa shape index (κ2) is 5.99. The predicted octanol–water partition coefficient (Wildman–Crippen LogP) is -0.599. The van der Waals surface area contributed by atoms with Crippen molar-refractivity contribution in [3.63, 3.8) is 0 Å². The quantitative estimate of drug-likeness (QED) is 0.679. The lowest BCUT2D eigenvalue weighted by molar-refractivity contribution is -0.140. The van der Waals surface area contributed by atoms with E-state index in [1.54, 1.807) is 4.90 Å². The van der Waals surface area contributed by atoms with Gasteiger partial charge in [0.1, 0.15) is 6.04 Å². The number of nitrogens with one attached hydrogen (secondary N) is 1. The minimum Gasteiger partial charge on any atom is -0.396 e. The van der Waals surface area contributed by atoms with Gasteiger partial charge < -0.3 is 10.0 Å². The zero-order valence-corrected chi connectivity index (χ0v) is 11.9. The zero-order chi connectivity index (χ0) is 13.9. The SMILES string of the molecule is CC(C)CC(NS(C)(=O)=O)C(=O)N1CC(CO)C1. The highest BCUT2D eigenvalue weighted by Crippen LogP contribution is 2.18. The van der Waals surface area contributed by atoms with E-state index in [1.165, 1.54) is 0 Å². The summed E-state index contributed by atoms with van der Waals surface area (Å²) < 4.78 is 24.9.